The van der Waals surface area contributed by atoms with Gasteiger partial charge in [0.1, 0.15) is 5.82 Å². The molecule has 3 nitrogen and oxygen atoms in total. The number of fused-ring (bicyclic) bond motifs is 1. The summed E-state index contributed by atoms with van der Waals surface area (Å²) < 4.78 is 38.3. The molecule has 0 fully saturated rings. The smallest absolute Gasteiger partial charge is 0.383 e. The summed E-state index contributed by atoms with van der Waals surface area (Å²) in [5.74, 6) is 0.153. The summed E-state index contributed by atoms with van der Waals surface area (Å²) in [4.78, 5) is 8.19. The van der Waals surface area contributed by atoms with Gasteiger partial charge < -0.3 is 5.73 Å². The molecule has 0 saturated heterocycles. The Hall–Kier alpha value is -2.63. The number of halogens is 3. The molecule has 0 radical (unpaired) electrons. The molecule has 0 bridgehead atoms. The molecule has 0 amide bonds. The lowest BCUT2D eigenvalue weighted by molar-refractivity contribution is -0.137. The molecule has 21 heavy (non-hydrogen) atoms. The number of hydrogen-bond acceptors (Lipinski definition) is 3. The molecule has 2 aromatic heterocycles. The van der Waals surface area contributed by atoms with Gasteiger partial charge in [0.25, 0.3) is 0 Å². The number of benzene rings is 1. The van der Waals surface area contributed by atoms with Crippen LogP contribution in [0.3, 0.4) is 0 Å². The molecule has 3 rings (SSSR count). The fourth-order valence-electron chi connectivity index (χ4n) is 2.11. The predicted molar refractivity (Wildman–Crippen MR) is 74.4 cm³/mol. The standard InChI is InChI=1S/C15H10F3N3/c16-15(17,18)11-5-1-3-9(7-11)12-8-10-4-2-6-20-14(10)21-13(12)19/h1-8H,(H2,19,20,21). The van der Waals surface area contributed by atoms with Gasteiger partial charge in [-0.2, -0.15) is 13.2 Å². The number of nitrogens with two attached hydrogens (primary N) is 1. The van der Waals surface area contributed by atoms with E-state index in [0.717, 1.165) is 17.5 Å². The Labute approximate surface area is 118 Å². The van der Waals surface area contributed by atoms with E-state index in [0.29, 0.717) is 16.8 Å². The first kappa shape index (κ1) is 13.4. The summed E-state index contributed by atoms with van der Waals surface area (Å²) in [5, 5.41) is 0.721. The van der Waals surface area contributed by atoms with Crippen molar-refractivity contribution in [2.75, 3.05) is 5.73 Å². The Morgan fingerprint density at radius 2 is 1.81 bits per heavy atom. The van der Waals surface area contributed by atoms with Crippen molar-refractivity contribution in [2.24, 2.45) is 0 Å². The maximum Gasteiger partial charge on any atom is 0.416 e. The average molecular weight is 289 g/mol. The van der Waals surface area contributed by atoms with Gasteiger partial charge in [0.15, 0.2) is 5.65 Å². The molecule has 3 aromatic rings. The quantitative estimate of drug-likeness (QED) is 0.739. The molecular weight excluding hydrogens is 279 g/mol. The van der Waals surface area contributed by atoms with Gasteiger partial charge in [0.05, 0.1) is 5.56 Å². The third-order valence-corrected chi connectivity index (χ3v) is 3.12. The molecule has 2 heterocycles. The highest BCUT2D eigenvalue weighted by Gasteiger charge is 2.30. The maximum absolute atomic E-state index is 12.8. The van der Waals surface area contributed by atoms with E-state index in [2.05, 4.69) is 9.97 Å². The van der Waals surface area contributed by atoms with Gasteiger partial charge in [-0.25, -0.2) is 9.97 Å². The maximum atomic E-state index is 12.8. The zero-order valence-corrected chi connectivity index (χ0v) is 10.7. The molecule has 2 N–H and O–H groups in total. The van der Waals surface area contributed by atoms with E-state index in [4.69, 9.17) is 5.73 Å². The van der Waals surface area contributed by atoms with Crippen LogP contribution in [-0.4, -0.2) is 9.97 Å². The molecule has 0 atom stereocenters. The van der Waals surface area contributed by atoms with Crippen molar-refractivity contribution >= 4 is 16.9 Å². The van der Waals surface area contributed by atoms with Crippen molar-refractivity contribution < 1.29 is 13.2 Å². The van der Waals surface area contributed by atoms with Gasteiger partial charge in [0.2, 0.25) is 0 Å². The highest BCUT2D eigenvalue weighted by Crippen LogP contribution is 2.34. The highest BCUT2D eigenvalue weighted by atomic mass is 19.4. The van der Waals surface area contributed by atoms with Crippen LogP contribution in [0.15, 0.2) is 48.7 Å². The lowest BCUT2D eigenvalue weighted by atomic mass is 10.0. The normalized spacial score (nSPS) is 11.8. The van der Waals surface area contributed by atoms with Crippen LogP contribution < -0.4 is 5.73 Å². The molecule has 0 aliphatic carbocycles. The average Bonchev–Trinajstić information content (AvgIpc) is 2.46. The highest BCUT2D eigenvalue weighted by molar-refractivity contribution is 5.86. The van der Waals surface area contributed by atoms with Crippen molar-refractivity contribution in [3.05, 3.63) is 54.2 Å². The Kier molecular flexibility index (Phi) is 3.01. The van der Waals surface area contributed by atoms with E-state index < -0.39 is 11.7 Å². The van der Waals surface area contributed by atoms with Crippen molar-refractivity contribution in [2.45, 2.75) is 6.18 Å². The van der Waals surface area contributed by atoms with Crippen LogP contribution in [0, 0.1) is 0 Å². The summed E-state index contributed by atoms with van der Waals surface area (Å²) in [6, 6.07) is 10.2. The third kappa shape index (κ3) is 2.52. The number of pyridine rings is 2. The zero-order valence-electron chi connectivity index (χ0n) is 10.7. The van der Waals surface area contributed by atoms with Crippen LogP contribution in [0.4, 0.5) is 19.0 Å². The molecular formula is C15H10F3N3. The van der Waals surface area contributed by atoms with Crippen LogP contribution in [0.5, 0.6) is 0 Å². The second-order valence-electron chi connectivity index (χ2n) is 4.55. The van der Waals surface area contributed by atoms with Crippen LogP contribution >= 0.6 is 0 Å². The second-order valence-corrected chi connectivity index (χ2v) is 4.55. The van der Waals surface area contributed by atoms with E-state index in [1.54, 1.807) is 30.5 Å². The van der Waals surface area contributed by atoms with Crippen molar-refractivity contribution in [3.63, 3.8) is 0 Å². The van der Waals surface area contributed by atoms with Gasteiger partial charge in [-0.1, -0.05) is 12.1 Å². The molecule has 0 spiro atoms. The minimum absolute atomic E-state index is 0.153. The predicted octanol–water partition coefficient (Wildman–Crippen LogP) is 3.90. The summed E-state index contributed by atoms with van der Waals surface area (Å²) in [7, 11) is 0. The summed E-state index contributed by atoms with van der Waals surface area (Å²) >= 11 is 0. The fourth-order valence-corrected chi connectivity index (χ4v) is 2.11. The molecule has 1 aromatic carbocycles. The van der Waals surface area contributed by atoms with E-state index in [1.807, 2.05) is 0 Å². The summed E-state index contributed by atoms with van der Waals surface area (Å²) in [6.07, 6.45) is -2.81. The Balaban J connectivity index is 2.18. The minimum Gasteiger partial charge on any atom is -0.383 e. The van der Waals surface area contributed by atoms with Gasteiger partial charge in [-0.05, 0) is 35.9 Å². The largest absolute Gasteiger partial charge is 0.416 e. The van der Waals surface area contributed by atoms with E-state index in [1.165, 1.54) is 6.07 Å². The first-order chi connectivity index (χ1) is 9.95. The van der Waals surface area contributed by atoms with Gasteiger partial charge in [0, 0.05) is 17.1 Å². The van der Waals surface area contributed by atoms with Crippen LogP contribution in [-0.2, 0) is 6.18 Å². The number of aromatic nitrogens is 2. The number of alkyl halides is 3. The van der Waals surface area contributed by atoms with E-state index in [-0.39, 0.29) is 5.82 Å². The summed E-state index contributed by atoms with van der Waals surface area (Å²) in [6.45, 7) is 0. The van der Waals surface area contributed by atoms with Crippen molar-refractivity contribution in [3.8, 4) is 11.1 Å². The Morgan fingerprint density at radius 3 is 2.57 bits per heavy atom. The fraction of sp³-hybridized carbons (Fsp3) is 0.0667. The molecule has 0 aliphatic heterocycles. The number of anilines is 1. The van der Waals surface area contributed by atoms with Gasteiger partial charge in [-0.15, -0.1) is 0 Å². The molecule has 0 aliphatic rings. The lowest BCUT2D eigenvalue weighted by Gasteiger charge is -2.10. The van der Waals surface area contributed by atoms with Crippen LogP contribution in [0.25, 0.3) is 22.2 Å². The van der Waals surface area contributed by atoms with Crippen LogP contribution in [0.1, 0.15) is 5.56 Å². The molecule has 6 heteroatoms. The van der Waals surface area contributed by atoms with E-state index >= 15 is 0 Å². The van der Waals surface area contributed by atoms with Gasteiger partial charge in [-0.3, -0.25) is 0 Å². The minimum atomic E-state index is -4.39. The topological polar surface area (TPSA) is 51.8 Å². The van der Waals surface area contributed by atoms with Crippen molar-refractivity contribution in [1.82, 2.24) is 9.97 Å². The number of hydrogen-bond donors (Lipinski definition) is 1. The monoisotopic (exact) mass is 289 g/mol. The third-order valence-electron chi connectivity index (χ3n) is 3.12. The number of nitrogen functional groups attached to an aromatic ring is 1. The first-order valence-corrected chi connectivity index (χ1v) is 6.14. The lowest BCUT2D eigenvalue weighted by Crippen LogP contribution is -2.05. The molecule has 0 saturated carbocycles. The van der Waals surface area contributed by atoms with Crippen molar-refractivity contribution in [1.29, 1.82) is 0 Å². The zero-order chi connectivity index (χ0) is 15.0. The molecule has 106 valence electrons. The molecule has 0 unspecified atom stereocenters. The van der Waals surface area contributed by atoms with Gasteiger partial charge >= 0.3 is 6.18 Å². The number of nitrogens with zero attached hydrogens (tertiary/aromatic N) is 2. The Bertz CT molecular complexity index is 813. The van der Waals surface area contributed by atoms with Crippen LogP contribution in [0.2, 0.25) is 0 Å². The number of rotatable bonds is 1. The van der Waals surface area contributed by atoms with E-state index in [9.17, 15) is 13.2 Å². The summed E-state index contributed by atoms with van der Waals surface area (Å²) in [5.41, 5.74) is 6.43. The first-order valence-electron chi connectivity index (χ1n) is 6.14. The second kappa shape index (κ2) is 4.73. The SMILES string of the molecule is Nc1nc2ncccc2cc1-c1cccc(C(F)(F)F)c1. The Morgan fingerprint density at radius 1 is 1.00 bits per heavy atom.